The standard InChI is InChI=1S/C18H18N4O4S.C7H13BrO/c1-10(15(23)21-11(2)18(25)26-3)20-16(24)14-9-27-17(22-14)13-6-4-12(8-19)5-7-13;1-7(9)5-3-2-4-6-8/h4-7,9H,1-2,8,19H2,3H3,(H,20,24)(H,21,23);2-6H2,1H3. The van der Waals surface area contributed by atoms with Gasteiger partial charge in [0, 0.05) is 29.2 Å². The summed E-state index contributed by atoms with van der Waals surface area (Å²) in [6.07, 6.45) is 4.17. The highest BCUT2D eigenvalue weighted by Gasteiger charge is 2.18. The second-order valence-corrected chi connectivity index (χ2v) is 9.15. The van der Waals surface area contributed by atoms with Gasteiger partial charge >= 0.3 is 5.97 Å². The first-order chi connectivity index (χ1) is 17.1. The Kier molecular flexibility index (Phi) is 14.2. The topological polar surface area (TPSA) is 140 Å². The Morgan fingerprint density at radius 3 is 2.28 bits per heavy atom. The molecule has 2 amide bonds. The molecular weight excluding hydrogens is 548 g/mol. The number of halogens is 1. The fourth-order valence-corrected chi connectivity index (χ4v) is 3.79. The Morgan fingerprint density at radius 1 is 1.06 bits per heavy atom. The summed E-state index contributed by atoms with van der Waals surface area (Å²) < 4.78 is 4.42. The van der Waals surface area contributed by atoms with E-state index in [9.17, 15) is 19.2 Å². The number of carbonyl (C=O) groups is 4. The summed E-state index contributed by atoms with van der Waals surface area (Å²) >= 11 is 4.62. The Balaban J connectivity index is 0.000000613. The van der Waals surface area contributed by atoms with Crippen molar-refractivity contribution in [2.24, 2.45) is 5.73 Å². The number of thiazole rings is 1. The van der Waals surface area contributed by atoms with Gasteiger partial charge in [0.15, 0.2) is 0 Å². The summed E-state index contributed by atoms with van der Waals surface area (Å²) in [7, 11) is 1.15. The third-order valence-electron chi connectivity index (χ3n) is 4.57. The molecule has 0 aliphatic heterocycles. The summed E-state index contributed by atoms with van der Waals surface area (Å²) in [5.41, 5.74) is 7.02. The lowest BCUT2D eigenvalue weighted by Crippen LogP contribution is -2.35. The van der Waals surface area contributed by atoms with Crippen molar-refractivity contribution in [3.63, 3.8) is 0 Å². The normalized spacial score (nSPS) is 9.89. The number of ketones is 1. The number of nitrogens with one attached hydrogen (secondary N) is 2. The number of rotatable bonds is 12. The SMILES string of the molecule is C=C(NC(=O)c1csc(-c2ccc(CN)cc2)n1)C(=O)NC(=C)C(=O)OC.CC(=O)CCCCCBr. The Labute approximate surface area is 223 Å². The molecule has 2 aromatic rings. The van der Waals surface area contributed by atoms with Gasteiger partial charge in [0.25, 0.3) is 11.8 Å². The molecule has 36 heavy (non-hydrogen) atoms. The number of carbonyl (C=O) groups excluding carboxylic acids is 4. The first kappa shape index (κ1) is 30.9. The molecule has 1 heterocycles. The molecule has 2 rings (SSSR count). The summed E-state index contributed by atoms with van der Waals surface area (Å²) in [6, 6.07) is 7.51. The van der Waals surface area contributed by atoms with Crippen LogP contribution in [0.2, 0.25) is 0 Å². The van der Waals surface area contributed by atoms with Gasteiger partial charge in [0.05, 0.1) is 12.8 Å². The number of esters is 1. The summed E-state index contributed by atoms with van der Waals surface area (Å²) in [4.78, 5) is 50.0. The molecule has 0 bridgehead atoms. The van der Waals surface area contributed by atoms with Crippen LogP contribution in [0.5, 0.6) is 0 Å². The molecule has 0 saturated carbocycles. The molecule has 0 radical (unpaired) electrons. The quantitative estimate of drug-likeness (QED) is 0.150. The van der Waals surface area contributed by atoms with Crippen LogP contribution in [0.4, 0.5) is 0 Å². The Bertz CT molecular complexity index is 1080. The van der Waals surface area contributed by atoms with Gasteiger partial charge in [-0.15, -0.1) is 11.3 Å². The zero-order valence-electron chi connectivity index (χ0n) is 20.4. The molecule has 0 aliphatic carbocycles. The number of methoxy groups -OCH3 is 1. The maximum Gasteiger partial charge on any atom is 0.353 e. The first-order valence-electron chi connectivity index (χ1n) is 11.0. The van der Waals surface area contributed by atoms with E-state index in [1.165, 1.54) is 24.2 Å². The van der Waals surface area contributed by atoms with E-state index in [1.807, 2.05) is 24.3 Å². The monoisotopic (exact) mass is 578 g/mol. The lowest BCUT2D eigenvalue weighted by atomic mass is 10.1. The highest BCUT2D eigenvalue weighted by Crippen LogP contribution is 2.24. The molecule has 0 saturated heterocycles. The van der Waals surface area contributed by atoms with Crippen molar-refractivity contribution >= 4 is 50.8 Å². The van der Waals surface area contributed by atoms with Crippen molar-refractivity contribution in [2.75, 3.05) is 12.4 Å². The van der Waals surface area contributed by atoms with Crippen molar-refractivity contribution in [1.29, 1.82) is 0 Å². The molecule has 194 valence electrons. The molecule has 4 N–H and O–H groups in total. The fraction of sp³-hybridized carbons (Fsp3) is 0.320. The number of ether oxygens (including phenoxy) is 1. The molecule has 1 aromatic carbocycles. The van der Waals surface area contributed by atoms with Crippen LogP contribution in [0.15, 0.2) is 54.2 Å². The number of hydrogen-bond acceptors (Lipinski definition) is 8. The van der Waals surface area contributed by atoms with Gasteiger partial charge in [0.2, 0.25) is 0 Å². The van der Waals surface area contributed by atoms with E-state index in [0.29, 0.717) is 17.3 Å². The minimum atomic E-state index is -0.799. The third kappa shape index (κ3) is 11.1. The van der Waals surface area contributed by atoms with Crippen LogP contribution < -0.4 is 16.4 Å². The van der Waals surface area contributed by atoms with E-state index in [1.54, 1.807) is 12.3 Å². The lowest BCUT2D eigenvalue weighted by Gasteiger charge is -2.09. The maximum absolute atomic E-state index is 12.2. The predicted octanol–water partition coefficient (Wildman–Crippen LogP) is 3.85. The largest absolute Gasteiger partial charge is 0.464 e. The summed E-state index contributed by atoms with van der Waals surface area (Å²) in [6.45, 7) is 8.91. The molecule has 0 atom stereocenters. The fourth-order valence-electron chi connectivity index (χ4n) is 2.58. The van der Waals surface area contributed by atoms with E-state index >= 15 is 0 Å². The third-order valence-corrected chi connectivity index (χ3v) is 6.02. The number of benzene rings is 1. The summed E-state index contributed by atoms with van der Waals surface area (Å²) in [5, 5.41) is 7.79. The maximum atomic E-state index is 12.2. The van der Waals surface area contributed by atoms with Gasteiger partial charge in [-0.1, -0.05) is 59.8 Å². The smallest absolute Gasteiger partial charge is 0.353 e. The second kappa shape index (κ2) is 16.5. The highest BCUT2D eigenvalue weighted by atomic mass is 79.9. The van der Waals surface area contributed by atoms with Crippen LogP contribution in [-0.4, -0.2) is 41.0 Å². The van der Waals surface area contributed by atoms with E-state index in [0.717, 1.165) is 36.4 Å². The molecule has 11 heteroatoms. The van der Waals surface area contributed by atoms with Crippen LogP contribution >= 0.6 is 27.3 Å². The average molecular weight is 580 g/mol. The van der Waals surface area contributed by atoms with E-state index in [2.05, 4.69) is 49.4 Å². The molecule has 0 spiro atoms. The molecule has 0 fully saturated rings. The number of nitrogens with two attached hydrogens (primary N) is 1. The van der Waals surface area contributed by atoms with Crippen molar-refractivity contribution in [3.05, 3.63) is 65.5 Å². The number of nitrogens with zero attached hydrogens (tertiary/aromatic N) is 1. The molecular formula is C25H31BrN4O5S. The van der Waals surface area contributed by atoms with Crippen LogP contribution in [0, 0.1) is 0 Å². The van der Waals surface area contributed by atoms with Gasteiger partial charge in [-0.3, -0.25) is 9.59 Å². The molecule has 0 unspecified atom stereocenters. The minimum Gasteiger partial charge on any atom is -0.464 e. The second-order valence-electron chi connectivity index (χ2n) is 7.50. The van der Waals surface area contributed by atoms with Crippen LogP contribution in [-0.2, 0) is 25.7 Å². The van der Waals surface area contributed by atoms with Gasteiger partial charge in [-0.25, -0.2) is 9.78 Å². The van der Waals surface area contributed by atoms with Crippen LogP contribution in [0.3, 0.4) is 0 Å². The predicted molar refractivity (Wildman–Crippen MR) is 144 cm³/mol. The number of Topliss-reactive ketones (excluding diaryl/α,β-unsaturated/α-hetero) is 1. The Morgan fingerprint density at radius 2 is 1.72 bits per heavy atom. The van der Waals surface area contributed by atoms with Gasteiger partial charge in [-0.05, 0) is 25.3 Å². The number of alkyl halides is 1. The zero-order valence-corrected chi connectivity index (χ0v) is 22.8. The highest BCUT2D eigenvalue weighted by molar-refractivity contribution is 9.09. The van der Waals surface area contributed by atoms with E-state index < -0.39 is 17.8 Å². The minimum absolute atomic E-state index is 0.138. The zero-order chi connectivity index (χ0) is 27.1. The molecule has 1 aromatic heterocycles. The molecule has 0 aliphatic rings. The summed E-state index contributed by atoms with van der Waals surface area (Å²) in [5.74, 6) is -1.87. The van der Waals surface area contributed by atoms with E-state index in [4.69, 9.17) is 5.73 Å². The van der Waals surface area contributed by atoms with Gasteiger partial charge < -0.3 is 25.9 Å². The van der Waals surface area contributed by atoms with Gasteiger partial charge in [-0.2, -0.15) is 0 Å². The molecule has 9 nitrogen and oxygen atoms in total. The van der Waals surface area contributed by atoms with E-state index in [-0.39, 0.29) is 17.1 Å². The van der Waals surface area contributed by atoms with Crippen molar-refractivity contribution < 1.29 is 23.9 Å². The van der Waals surface area contributed by atoms with Crippen LogP contribution in [0.1, 0.15) is 48.7 Å². The van der Waals surface area contributed by atoms with Crippen molar-refractivity contribution in [1.82, 2.24) is 15.6 Å². The number of hydrogen-bond donors (Lipinski definition) is 3. The van der Waals surface area contributed by atoms with Crippen LogP contribution in [0.25, 0.3) is 10.6 Å². The number of aromatic nitrogens is 1. The van der Waals surface area contributed by atoms with Crippen molar-refractivity contribution in [3.8, 4) is 10.6 Å². The van der Waals surface area contributed by atoms with Crippen molar-refractivity contribution in [2.45, 2.75) is 39.2 Å². The number of amides is 2. The first-order valence-corrected chi connectivity index (χ1v) is 13.0. The number of unbranched alkanes of at least 4 members (excludes halogenated alkanes) is 2. The Hall–Kier alpha value is -3.15. The lowest BCUT2D eigenvalue weighted by molar-refractivity contribution is -0.137. The van der Waals surface area contributed by atoms with Gasteiger partial charge in [0.1, 0.15) is 22.2 Å². The average Bonchev–Trinajstić information content (AvgIpc) is 3.37.